The Morgan fingerprint density at radius 3 is 2.13 bits per heavy atom. The fourth-order valence-electron chi connectivity index (χ4n) is 1.01. The van der Waals surface area contributed by atoms with E-state index in [4.69, 9.17) is 0 Å². The van der Waals surface area contributed by atoms with Crippen molar-refractivity contribution in [1.82, 2.24) is 0 Å². The second kappa shape index (κ2) is 5.73. The third-order valence-electron chi connectivity index (χ3n) is 1.80. The van der Waals surface area contributed by atoms with Crippen LogP contribution in [0, 0.1) is 0 Å². The van der Waals surface area contributed by atoms with E-state index in [1.54, 1.807) is 6.92 Å². The molecule has 0 bridgehead atoms. The Morgan fingerprint density at radius 2 is 1.87 bits per heavy atom. The standard InChI is InChI=1S/C11H14F4/c1-4-9(7-12)10(11(13,14)15)6-5-8(2)3/h4,6H,2,5,7H2,1,3H3/b9-4-,10-6?. The van der Waals surface area contributed by atoms with Gasteiger partial charge in [-0.15, -0.1) is 0 Å². The van der Waals surface area contributed by atoms with Gasteiger partial charge in [0.1, 0.15) is 6.67 Å². The molecule has 0 radical (unpaired) electrons. The molecule has 0 fully saturated rings. The Hall–Kier alpha value is -1.06. The number of rotatable bonds is 4. The van der Waals surface area contributed by atoms with Crippen LogP contribution in [0.4, 0.5) is 17.6 Å². The molecule has 0 amide bonds. The monoisotopic (exact) mass is 222 g/mol. The van der Waals surface area contributed by atoms with Crippen LogP contribution in [0.5, 0.6) is 0 Å². The molecule has 86 valence electrons. The van der Waals surface area contributed by atoms with Crippen LogP contribution in [0.25, 0.3) is 0 Å². The van der Waals surface area contributed by atoms with Gasteiger partial charge in [-0.2, -0.15) is 13.2 Å². The van der Waals surface area contributed by atoms with E-state index < -0.39 is 18.4 Å². The van der Waals surface area contributed by atoms with E-state index >= 15 is 0 Å². The topological polar surface area (TPSA) is 0 Å². The summed E-state index contributed by atoms with van der Waals surface area (Å²) in [6, 6.07) is 0. The summed E-state index contributed by atoms with van der Waals surface area (Å²) in [7, 11) is 0. The maximum absolute atomic E-state index is 12.5. The predicted octanol–water partition coefficient (Wildman–Crippen LogP) is 4.36. The zero-order valence-electron chi connectivity index (χ0n) is 8.79. The molecular formula is C11H14F4. The van der Waals surface area contributed by atoms with Crippen molar-refractivity contribution in [3.05, 3.63) is 35.5 Å². The van der Waals surface area contributed by atoms with Crippen LogP contribution in [-0.4, -0.2) is 12.9 Å². The zero-order chi connectivity index (χ0) is 12.1. The SMILES string of the molecule is C=C(C)CC=C(/C(=C\C)CF)C(F)(F)F. The summed E-state index contributed by atoms with van der Waals surface area (Å²) in [5.41, 5.74) is -0.634. The Balaban J connectivity index is 5.06. The molecule has 0 aliphatic heterocycles. The summed E-state index contributed by atoms with van der Waals surface area (Å²) in [5, 5.41) is 0. The number of hydrogen-bond acceptors (Lipinski definition) is 0. The quantitative estimate of drug-likeness (QED) is 0.376. The summed E-state index contributed by atoms with van der Waals surface area (Å²) in [6.45, 7) is 5.39. The van der Waals surface area contributed by atoms with Gasteiger partial charge in [0.25, 0.3) is 0 Å². The van der Waals surface area contributed by atoms with E-state index in [1.165, 1.54) is 6.92 Å². The Bertz CT molecular complexity index is 281. The summed E-state index contributed by atoms with van der Waals surface area (Å²) < 4.78 is 49.8. The van der Waals surface area contributed by atoms with Crippen LogP contribution in [0.15, 0.2) is 35.5 Å². The summed E-state index contributed by atoms with van der Waals surface area (Å²) in [5.74, 6) is 0. The van der Waals surface area contributed by atoms with Gasteiger partial charge >= 0.3 is 6.18 Å². The van der Waals surface area contributed by atoms with E-state index in [0.717, 1.165) is 12.2 Å². The van der Waals surface area contributed by atoms with Gasteiger partial charge in [0.2, 0.25) is 0 Å². The first-order chi connectivity index (χ1) is 6.82. The molecule has 0 unspecified atom stereocenters. The number of alkyl halides is 4. The first-order valence-corrected chi connectivity index (χ1v) is 4.46. The molecule has 0 aromatic carbocycles. The fourth-order valence-corrected chi connectivity index (χ4v) is 1.01. The lowest BCUT2D eigenvalue weighted by Gasteiger charge is -2.13. The van der Waals surface area contributed by atoms with Crippen LogP contribution >= 0.6 is 0 Å². The normalized spacial score (nSPS) is 14.3. The average molecular weight is 222 g/mol. The van der Waals surface area contributed by atoms with Crippen molar-refractivity contribution in [2.45, 2.75) is 26.4 Å². The smallest absolute Gasteiger partial charge is 0.246 e. The van der Waals surface area contributed by atoms with Crippen molar-refractivity contribution >= 4 is 0 Å². The molecule has 0 atom stereocenters. The highest BCUT2D eigenvalue weighted by Gasteiger charge is 2.35. The minimum Gasteiger partial charge on any atom is -0.246 e. The summed E-state index contributed by atoms with van der Waals surface area (Å²) in [4.78, 5) is 0. The van der Waals surface area contributed by atoms with Gasteiger partial charge in [0.15, 0.2) is 0 Å². The van der Waals surface area contributed by atoms with Gasteiger partial charge in [-0.1, -0.05) is 24.3 Å². The minimum absolute atomic E-state index is 0.103. The van der Waals surface area contributed by atoms with Crippen LogP contribution in [0.2, 0.25) is 0 Å². The first kappa shape index (κ1) is 13.9. The minimum atomic E-state index is -4.51. The lowest BCUT2D eigenvalue weighted by atomic mass is 10.0. The van der Waals surface area contributed by atoms with Gasteiger partial charge in [0, 0.05) is 0 Å². The first-order valence-electron chi connectivity index (χ1n) is 4.46. The van der Waals surface area contributed by atoms with Crippen LogP contribution in [0.1, 0.15) is 20.3 Å². The van der Waals surface area contributed by atoms with Gasteiger partial charge in [-0.3, -0.25) is 0 Å². The van der Waals surface area contributed by atoms with E-state index in [1.807, 2.05) is 0 Å². The molecule has 0 aromatic rings. The van der Waals surface area contributed by atoms with E-state index in [0.29, 0.717) is 5.57 Å². The molecule has 0 heterocycles. The number of hydrogen-bond donors (Lipinski definition) is 0. The average Bonchev–Trinajstić information content (AvgIpc) is 2.09. The summed E-state index contributed by atoms with van der Waals surface area (Å²) >= 11 is 0. The van der Waals surface area contributed by atoms with Crippen molar-refractivity contribution in [3.63, 3.8) is 0 Å². The molecule has 0 aliphatic carbocycles. The van der Waals surface area contributed by atoms with Gasteiger partial charge in [-0.05, 0) is 25.8 Å². The maximum Gasteiger partial charge on any atom is 0.416 e. The number of halogens is 4. The molecule has 0 N–H and O–H groups in total. The Morgan fingerprint density at radius 1 is 1.33 bits per heavy atom. The molecule has 0 spiro atoms. The Labute approximate surface area is 87.0 Å². The Kier molecular flexibility index (Phi) is 5.33. The predicted molar refractivity (Wildman–Crippen MR) is 53.3 cm³/mol. The molecule has 0 aromatic heterocycles. The van der Waals surface area contributed by atoms with E-state index in [2.05, 4.69) is 6.58 Å². The molecule has 0 aliphatic rings. The lowest BCUT2D eigenvalue weighted by Crippen LogP contribution is -2.15. The van der Waals surface area contributed by atoms with Crippen LogP contribution in [0.3, 0.4) is 0 Å². The maximum atomic E-state index is 12.5. The van der Waals surface area contributed by atoms with E-state index in [-0.39, 0.29) is 12.0 Å². The van der Waals surface area contributed by atoms with Crippen molar-refractivity contribution < 1.29 is 17.6 Å². The molecule has 0 saturated heterocycles. The van der Waals surface area contributed by atoms with E-state index in [9.17, 15) is 17.6 Å². The zero-order valence-corrected chi connectivity index (χ0v) is 8.79. The molecule has 15 heavy (non-hydrogen) atoms. The van der Waals surface area contributed by atoms with Crippen molar-refractivity contribution in [2.75, 3.05) is 6.67 Å². The van der Waals surface area contributed by atoms with Crippen molar-refractivity contribution in [3.8, 4) is 0 Å². The number of allylic oxidation sites excluding steroid dienone is 5. The van der Waals surface area contributed by atoms with Crippen LogP contribution in [-0.2, 0) is 0 Å². The lowest BCUT2D eigenvalue weighted by molar-refractivity contribution is -0.0899. The third-order valence-corrected chi connectivity index (χ3v) is 1.80. The second-order valence-electron chi connectivity index (χ2n) is 3.22. The highest BCUT2D eigenvalue weighted by Crippen LogP contribution is 2.32. The largest absolute Gasteiger partial charge is 0.416 e. The molecule has 0 nitrogen and oxygen atoms in total. The van der Waals surface area contributed by atoms with Crippen LogP contribution < -0.4 is 0 Å². The molecular weight excluding hydrogens is 208 g/mol. The fraction of sp³-hybridized carbons (Fsp3) is 0.455. The molecule has 4 heteroatoms. The highest BCUT2D eigenvalue weighted by atomic mass is 19.4. The van der Waals surface area contributed by atoms with Crippen molar-refractivity contribution in [2.24, 2.45) is 0 Å². The van der Waals surface area contributed by atoms with Gasteiger partial charge in [0.05, 0.1) is 5.57 Å². The van der Waals surface area contributed by atoms with Gasteiger partial charge in [-0.25, -0.2) is 4.39 Å². The van der Waals surface area contributed by atoms with Gasteiger partial charge < -0.3 is 0 Å². The van der Waals surface area contributed by atoms with Crippen molar-refractivity contribution in [1.29, 1.82) is 0 Å². The highest BCUT2D eigenvalue weighted by molar-refractivity contribution is 5.35. The molecule has 0 saturated carbocycles. The summed E-state index contributed by atoms with van der Waals surface area (Å²) in [6.07, 6.45) is -2.30. The molecule has 0 rings (SSSR count). The second-order valence-corrected chi connectivity index (χ2v) is 3.22. The third kappa shape index (κ3) is 4.81.